The lowest BCUT2D eigenvalue weighted by molar-refractivity contribution is 0.421. The molecule has 0 atom stereocenters. The van der Waals surface area contributed by atoms with Crippen LogP contribution in [0.1, 0.15) is 0 Å². The standard InChI is InChI=1S/2C6H5BClFO2/c2*8-4-2-1-3-5(9)6(4)7(10)11/h2*1-3,10-11H. The largest absolute Gasteiger partial charge is 0.492 e. The molecule has 4 N–H and O–H groups in total. The Morgan fingerprint density at radius 2 is 1.00 bits per heavy atom. The van der Waals surface area contributed by atoms with Crippen molar-refractivity contribution in [1.29, 1.82) is 0 Å². The lowest BCUT2D eigenvalue weighted by Gasteiger charge is -2.02. The Labute approximate surface area is 135 Å². The molecule has 0 spiro atoms. The Morgan fingerprint density at radius 3 is 1.18 bits per heavy atom. The van der Waals surface area contributed by atoms with Crippen molar-refractivity contribution in [3.8, 4) is 0 Å². The van der Waals surface area contributed by atoms with E-state index in [2.05, 4.69) is 0 Å². The molecule has 4 nitrogen and oxygen atoms in total. The van der Waals surface area contributed by atoms with E-state index in [0.29, 0.717) is 0 Å². The zero-order valence-corrected chi connectivity index (χ0v) is 12.4. The first-order chi connectivity index (χ1) is 10.3. The van der Waals surface area contributed by atoms with Crippen LogP contribution in [0.3, 0.4) is 0 Å². The summed E-state index contributed by atoms with van der Waals surface area (Å²) in [5.41, 5.74) is -0.566. The molecule has 0 bridgehead atoms. The van der Waals surface area contributed by atoms with E-state index in [1.807, 2.05) is 0 Å². The normalized spacial score (nSPS) is 9.82. The molecule has 0 saturated carbocycles. The summed E-state index contributed by atoms with van der Waals surface area (Å²) in [7, 11) is -3.72. The maximum Gasteiger partial charge on any atom is 0.492 e. The third kappa shape index (κ3) is 4.95. The molecule has 2 aromatic carbocycles. The van der Waals surface area contributed by atoms with Crippen LogP contribution in [0, 0.1) is 11.6 Å². The van der Waals surface area contributed by atoms with Crippen molar-refractivity contribution >= 4 is 48.4 Å². The first kappa shape index (κ1) is 18.9. The van der Waals surface area contributed by atoms with Crippen molar-refractivity contribution in [1.82, 2.24) is 0 Å². The lowest BCUT2D eigenvalue weighted by Crippen LogP contribution is -2.33. The van der Waals surface area contributed by atoms with Gasteiger partial charge in [0.15, 0.2) is 0 Å². The molecule has 0 aromatic heterocycles. The van der Waals surface area contributed by atoms with Gasteiger partial charge in [-0.3, -0.25) is 0 Å². The molecule has 10 heteroatoms. The third-order valence-electron chi connectivity index (χ3n) is 2.52. The lowest BCUT2D eigenvalue weighted by atomic mass is 9.80. The van der Waals surface area contributed by atoms with Crippen molar-refractivity contribution in [2.24, 2.45) is 0 Å². The zero-order chi connectivity index (χ0) is 16.9. The molecular formula is C12H10B2Cl2F2O4. The molecule has 0 aliphatic carbocycles. The molecule has 116 valence electrons. The number of hydrogen-bond acceptors (Lipinski definition) is 4. The van der Waals surface area contributed by atoms with E-state index in [4.69, 9.17) is 43.3 Å². The van der Waals surface area contributed by atoms with Crippen molar-refractivity contribution in [3.05, 3.63) is 58.1 Å². The second kappa shape index (κ2) is 8.47. The summed E-state index contributed by atoms with van der Waals surface area (Å²) in [6.07, 6.45) is 0. The van der Waals surface area contributed by atoms with Gasteiger partial charge in [0, 0.05) is 21.0 Å². The molecule has 0 heterocycles. The number of benzene rings is 2. The molecule has 0 unspecified atom stereocenters. The van der Waals surface area contributed by atoms with Crippen molar-refractivity contribution in [2.75, 3.05) is 0 Å². The van der Waals surface area contributed by atoms with Crippen LogP contribution >= 0.6 is 23.2 Å². The molecule has 22 heavy (non-hydrogen) atoms. The summed E-state index contributed by atoms with van der Waals surface area (Å²) in [5.74, 6) is -1.43. The van der Waals surface area contributed by atoms with Crippen LogP contribution < -0.4 is 10.9 Å². The number of rotatable bonds is 2. The smallest absolute Gasteiger partial charge is 0.423 e. The van der Waals surface area contributed by atoms with Crippen molar-refractivity contribution in [3.63, 3.8) is 0 Å². The first-order valence-electron chi connectivity index (χ1n) is 5.85. The number of hydrogen-bond donors (Lipinski definition) is 4. The van der Waals surface area contributed by atoms with Gasteiger partial charge in [-0.15, -0.1) is 0 Å². The highest BCUT2D eigenvalue weighted by molar-refractivity contribution is 6.63. The summed E-state index contributed by atoms with van der Waals surface area (Å²) in [4.78, 5) is 0. The minimum Gasteiger partial charge on any atom is -0.423 e. The minimum atomic E-state index is -1.86. The predicted octanol–water partition coefficient (Wildman–Crippen LogP) is 0.318. The van der Waals surface area contributed by atoms with E-state index in [1.54, 1.807) is 0 Å². The summed E-state index contributed by atoms with van der Waals surface area (Å²) < 4.78 is 25.4. The molecular weight excluding hydrogens is 339 g/mol. The molecule has 2 aromatic rings. The highest BCUT2D eigenvalue weighted by Gasteiger charge is 2.20. The molecule has 0 radical (unpaired) electrons. The van der Waals surface area contributed by atoms with Crippen LogP contribution in [0.25, 0.3) is 0 Å². The highest BCUT2D eigenvalue weighted by atomic mass is 35.5. The topological polar surface area (TPSA) is 80.9 Å². The average molecular weight is 349 g/mol. The van der Waals surface area contributed by atoms with Gasteiger partial charge in [0.25, 0.3) is 0 Å². The van der Waals surface area contributed by atoms with Crippen LogP contribution in [0.15, 0.2) is 36.4 Å². The van der Waals surface area contributed by atoms with Gasteiger partial charge in [-0.2, -0.15) is 0 Å². The quantitative estimate of drug-likeness (QED) is 0.589. The van der Waals surface area contributed by atoms with Crippen LogP contribution in [0.2, 0.25) is 10.0 Å². The molecule has 0 aliphatic rings. The summed E-state index contributed by atoms with van der Waals surface area (Å²) in [6.45, 7) is 0. The summed E-state index contributed by atoms with van der Waals surface area (Å²) >= 11 is 10.9. The Kier molecular flexibility index (Phi) is 7.28. The number of halogens is 4. The molecule has 2 rings (SSSR count). The van der Waals surface area contributed by atoms with E-state index >= 15 is 0 Å². The Morgan fingerprint density at radius 1 is 0.682 bits per heavy atom. The van der Waals surface area contributed by atoms with Crippen LogP contribution in [0.4, 0.5) is 8.78 Å². The highest BCUT2D eigenvalue weighted by Crippen LogP contribution is 2.08. The van der Waals surface area contributed by atoms with Gasteiger partial charge >= 0.3 is 14.2 Å². The molecule has 0 fully saturated rings. The van der Waals surface area contributed by atoms with Crippen LogP contribution in [-0.4, -0.2) is 34.3 Å². The average Bonchev–Trinajstić information content (AvgIpc) is 2.38. The van der Waals surface area contributed by atoms with Gasteiger partial charge in [0.1, 0.15) is 11.6 Å². The van der Waals surface area contributed by atoms with Crippen molar-refractivity contribution < 1.29 is 28.9 Å². The Balaban J connectivity index is 0.000000220. The fourth-order valence-corrected chi connectivity index (χ4v) is 2.04. The zero-order valence-electron chi connectivity index (χ0n) is 10.9. The monoisotopic (exact) mass is 348 g/mol. The first-order valence-corrected chi connectivity index (χ1v) is 6.61. The summed E-state index contributed by atoms with van der Waals surface area (Å²) in [5, 5.41) is 34.5. The molecule has 0 aliphatic heterocycles. The van der Waals surface area contributed by atoms with Gasteiger partial charge in [0.2, 0.25) is 0 Å². The van der Waals surface area contributed by atoms with E-state index in [9.17, 15) is 8.78 Å². The SMILES string of the molecule is OB(O)c1c(F)cccc1Cl.OB(O)c1c(F)cccc1Cl. The maximum atomic E-state index is 12.7. The van der Waals surface area contributed by atoms with Gasteiger partial charge in [-0.25, -0.2) is 8.78 Å². The fourth-order valence-electron chi connectivity index (χ4n) is 1.51. The Bertz CT molecular complexity index is 549. The van der Waals surface area contributed by atoms with Gasteiger partial charge in [-0.1, -0.05) is 35.3 Å². The van der Waals surface area contributed by atoms with Gasteiger partial charge < -0.3 is 20.1 Å². The minimum absolute atomic E-state index is 0.0139. The third-order valence-corrected chi connectivity index (χ3v) is 3.17. The molecule has 0 amide bonds. The van der Waals surface area contributed by atoms with E-state index < -0.39 is 25.9 Å². The fraction of sp³-hybridized carbons (Fsp3) is 0. The van der Waals surface area contributed by atoms with Gasteiger partial charge in [0.05, 0.1) is 0 Å². The Hall–Kier alpha value is -1.15. The maximum absolute atomic E-state index is 12.7. The molecule has 0 saturated heterocycles. The van der Waals surface area contributed by atoms with Crippen molar-refractivity contribution in [2.45, 2.75) is 0 Å². The second-order valence-electron chi connectivity index (χ2n) is 4.02. The van der Waals surface area contributed by atoms with E-state index in [-0.39, 0.29) is 21.0 Å². The predicted molar refractivity (Wildman–Crippen MR) is 82.5 cm³/mol. The van der Waals surface area contributed by atoms with E-state index in [0.717, 1.165) is 12.1 Å². The van der Waals surface area contributed by atoms with Crippen LogP contribution in [0.5, 0.6) is 0 Å². The van der Waals surface area contributed by atoms with Crippen LogP contribution in [-0.2, 0) is 0 Å². The second-order valence-corrected chi connectivity index (χ2v) is 4.83. The summed E-state index contributed by atoms with van der Waals surface area (Å²) in [6, 6.07) is 7.78. The van der Waals surface area contributed by atoms with E-state index in [1.165, 1.54) is 24.3 Å². The van der Waals surface area contributed by atoms with Gasteiger partial charge in [-0.05, 0) is 24.3 Å².